The van der Waals surface area contributed by atoms with E-state index in [1.807, 2.05) is 0 Å². The molecule has 1 nitrogen and oxygen atoms in total. The zero-order valence-electron chi connectivity index (χ0n) is 7.84. The van der Waals surface area contributed by atoms with Crippen molar-refractivity contribution < 1.29 is 5.11 Å². The van der Waals surface area contributed by atoms with E-state index in [0.717, 1.165) is 12.3 Å². The first kappa shape index (κ1) is 7.37. The fraction of sp³-hybridized carbons (Fsp3) is 1.00. The predicted molar refractivity (Wildman–Crippen MR) is 47.7 cm³/mol. The SMILES string of the molecule is C[C@]12CC[C@H]1C[C@H]1CCC[C@]12O. The third-order valence-corrected chi connectivity index (χ3v) is 5.26. The number of aliphatic hydroxyl groups is 1. The molecule has 0 unspecified atom stereocenters. The average Bonchev–Trinajstić information content (AvgIpc) is 2.45. The van der Waals surface area contributed by atoms with Crippen LogP contribution in [0, 0.1) is 17.3 Å². The predicted octanol–water partition coefficient (Wildman–Crippen LogP) is 2.34. The lowest BCUT2D eigenvalue weighted by molar-refractivity contribution is -0.120. The van der Waals surface area contributed by atoms with Crippen LogP contribution in [0.4, 0.5) is 0 Å². The van der Waals surface area contributed by atoms with E-state index in [0.29, 0.717) is 11.3 Å². The zero-order valence-corrected chi connectivity index (χ0v) is 7.84. The fourth-order valence-electron chi connectivity index (χ4n) is 4.20. The van der Waals surface area contributed by atoms with Crippen molar-refractivity contribution in [3.8, 4) is 0 Å². The van der Waals surface area contributed by atoms with Crippen molar-refractivity contribution in [3.05, 3.63) is 0 Å². The maximum absolute atomic E-state index is 10.6. The minimum Gasteiger partial charge on any atom is -0.389 e. The number of rotatable bonds is 0. The van der Waals surface area contributed by atoms with Gasteiger partial charge in [-0.2, -0.15) is 0 Å². The minimum absolute atomic E-state index is 0.240. The molecule has 1 N–H and O–H groups in total. The molecule has 3 aliphatic rings. The number of hydrogen-bond donors (Lipinski definition) is 1. The molecule has 0 aromatic rings. The molecule has 0 aromatic heterocycles. The molecule has 0 bridgehead atoms. The highest BCUT2D eigenvalue weighted by Gasteiger charge is 2.66. The number of hydrogen-bond acceptors (Lipinski definition) is 1. The molecule has 3 rings (SSSR count). The van der Waals surface area contributed by atoms with Crippen molar-refractivity contribution in [1.82, 2.24) is 0 Å². The minimum atomic E-state index is -0.240. The molecule has 12 heavy (non-hydrogen) atoms. The topological polar surface area (TPSA) is 20.2 Å². The van der Waals surface area contributed by atoms with Crippen molar-refractivity contribution >= 4 is 0 Å². The third-order valence-electron chi connectivity index (χ3n) is 5.26. The second-order valence-electron chi connectivity index (χ2n) is 5.40. The van der Waals surface area contributed by atoms with E-state index in [-0.39, 0.29) is 5.60 Å². The molecular formula is C11H18O. The van der Waals surface area contributed by atoms with Gasteiger partial charge >= 0.3 is 0 Å². The van der Waals surface area contributed by atoms with Gasteiger partial charge in [0, 0.05) is 0 Å². The van der Waals surface area contributed by atoms with Crippen LogP contribution in [0.15, 0.2) is 0 Å². The van der Waals surface area contributed by atoms with Crippen molar-refractivity contribution in [1.29, 1.82) is 0 Å². The molecule has 3 aliphatic carbocycles. The van der Waals surface area contributed by atoms with Gasteiger partial charge in [0.05, 0.1) is 5.60 Å². The molecular weight excluding hydrogens is 148 g/mol. The van der Waals surface area contributed by atoms with Crippen LogP contribution in [0.1, 0.15) is 45.4 Å². The summed E-state index contributed by atoms with van der Waals surface area (Å²) < 4.78 is 0. The lowest BCUT2D eigenvalue weighted by Gasteiger charge is -2.50. The molecule has 0 amide bonds. The Labute approximate surface area is 74.2 Å². The first-order valence-electron chi connectivity index (χ1n) is 5.39. The van der Waals surface area contributed by atoms with Crippen LogP contribution < -0.4 is 0 Å². The van der Waals surface area contributed by atoms with Gasteiger partial charge in [0.2, 0.25) is 0 Å². The van der Waals surface area contributed by atoms with E-state index >= 15 is 0 Å². The molecule has 0 spiro atoms. The molecule has 0 saturated heterocycles. The molecule has 3 saturated carbocycles. The summed E-state index contributed by atoms with van der Waals surface area (Å²) in [5, 5.41) is 10.6. The highest BCUT2D eigenvalue weighted by molar-refractivity contribution is 5.16. The summed E-state index contributed by atoms with van der Waals surface area (Å²) in [5.41, 5.74) is 0.0874. The van der Waals surface area contributed by atoms with Gasteiger partial charge in [-0.05, 0) is 49.4 Å². The lowest BCUT2D eigenvalue weighted by atomic mass is 9.57. The number of fused-ring (bicyclic) bond motifs is 3. The van der Waals surface area contributed by atoms with Crippen LogP contribution in [0.2, 0.25) is 0 Å². The van der Waals surface area contributed by atoms with E-state index in [2.05, 4.69) is 6.92 Å². The van der Waals surface area contributed by atoms with Gasteiger partial charge in [-0.25, -0.2) is 0 Å². The molecule has 4 atom stereocenters. The Kier molecular flexibility index (Phi) is 1.16. The Morgan fingerprint density at radius 3 is 2.67 bits per heavy atom. The van der Waals surface area contributed by atoms with E-state index in [4.69, 9.17) is 0 Å². The van der Waals surface area contributed by atoms with E-state index in [1.54, 1.807) is 0 Å². The fourth-order valence-corrected chi connectivity index (χ4v) is 4.20. The van der Waals surface area contributed by atoms with E-state index in [9.17, 15) is 5.11 Å². The summed E-state index contributed by atoms with van der Waals surface area (Å²) in [4.78, 5) is 0. The second kappa shape index (κ2) is 1.89. The molecule has 1 heteroatoms. The van der Waals surface area contributed by atoms with Gasteiger partial charge in [0.1, 0.15) is 0 Å². The Morgan fingerprint density at radius 2 is 2.00 bits per heavy atom. The molecule has 3 fully saturated rings. The van der Waals surface area contributed by atoms with E-state index in [1.165, 1.54) is 32.1 Å². The van der Waals surface area contributed by atoms with Crippen molar-refractivity contribution in [2.75, 3.05) is 0 Å². The standard InChI is InChI=1S/C11H18O/c1-10-6-4-8(10)7-9-3-2-5-11(9,10)12/h8-9,12H,2-7H2,1H3/t8-,9+,10-,11-/m0/s1. The molecule has 68 valence electrons. The van der Waals surface area contributed by atoms with Gasteiger partial charge < -0.3 is 5.11 Å². The smallest absolute Gasteiger partial charge is 0.0731 e. The summed E-state index contributed by atoms with van der Waals surface area (Å²) in [6, 6.07) is 0. The zero-order chi connectivity index (χ0) is 8.40. The normalized spacial score (nSPS) is 62.5. The first-order chi connectivity index (χ1) is 5.67. The maximum atomic E-state index is 10.6. The van der Waals surface area contributed by atoms with Gasteiger partial charge in [0.25, 0.3) is 0 Å². The van der Waals surface area contributed by atoms with Crippen LogP contribution in [0.25, 0.3) is 0 Å². The lowest BCUT2D eigenvalue weighted by Crippen LogP contribution is -2.50. The van der Waals surface area contributed by atoms with Crippen molar-refractivity contribution in [2.45, 2.75) is 51.0 Å². The van der Waals surface area contributed by atoms with Gasteiger partial charge in [-0.15, -0.1) is 0 Å². The quantitative estimate of drug-likeness (QED) is 0.585. The Bertz CT molecular complexity index is 225. The molecule has 0 aromatic carbocycles. The summed E-state index contributed by atoms with van der Waals surface area (Å²) >= 11 is 0. The Hall–Kier alpha value is -0.0400. The summed E-state index contributed by atoms with van der Waals surface area (Å²) in [5.74, 6) is 1.53. The van der Waals surface area contributed by atoms with Crippen molar-refractivity contribution in [3.63, 3.8) is 0 Å². The highest BCUT2D eigenvalue weighted by Crippen LogP contribution is 2.68. The Balaban J connectivity index is 2.02. The molecule has 0 radical (unpaired) electrons. The third kappa shape index (κ3) is 0.555. The van der Waals surface area contributed by atoms with Gasteiger partial charge in [-0.3, -0.25) is 0 Å². The Morgan fingerprint density at radius 1 is 1.17 bits per heavy atom. The average molecular weight is 166 g/mol. The largest absolute Gasteiger partial charge is 0.389 e. The summed E-state index contributed by atoms with van der Waals surface area (Å²) in [7, 11) is 0. The molecule has 0 heterocycles. The van der Waals surface area contributed by atoms with Gasteiger partial charge in [-0.1, -0.05) is 13.3 Å². The monoisotopic (exact) mass is 166 g/mol. The maximum Gasteiger partial charge on any atom is 0.0731 e. The van der Waals surface area contributed by atoms with Crippen LogP contribution in [-0.2, 0) is 0 Å². The first-order valence-corrected chi connectivity index (χ1v) is 5.39. The highest BCUT2D eigenvalue weighted by atomic mass is 16.3. The van der Waals surface area contributed by atoms with Gasteiger partial charge in [0.15, 0.2) is 0 Å². The molecule has 0 aliphatic heterocycles. The van der Waals surface area contributed by atoms with Crippen LogP contribution in [0.3, 0.4) is 0 Å². The summed E-state index contributed by atoms with van der Waals surface area (Å²) in [6.45, 7) is 2.33. The van der Waals surface area contributed by atoms with Crippen LogP contribution in [0.5, 0.6) is 0 Å². The van der Waals surface area contributed by atoms with E-state index < -0.39 is 0 Å². The van der Waals surface area contributed by atoms with Crippen LogP contribution in [-0.4, -0.2) is 10.7 Å². The second-order valence-corrected chi connectivity index (χ2v) is 5.40. The summed E-state index contributed by atoms with van der Waals surface area (Å²) in [6.07, 6.45) is 7.64. The van der Waals surface area contributed by atoms with Crippen molar-refractivity contribution in [2.24, 2.45) is 17.3 Å². The van der Waals surface area contributed by atoms with Crippen LogP contribution >= 0.6 is 0 Å².